The van der Waals surface area contributed by atoms with Crippen molar-refractivity contribution in [2.24, 2.45) is 0 Å². The van der Waals surface area contributed by atoms with Crippen LogP contribution >= 0.6 is 8.60 Å². The highest BCUT2D eigenvalue weighted by Gasteiger charge is 2.21. The predicted molar refractivity (Wildman–Crippen MR) is 216 cm³/mol. The Labute approximate surface area is 318 Å². The van der Waals surface area contributed by atoms with Crippen molar-refractivity contribution in [2.45, 2.75) is 175 Å². The first kappa shape index (κ1) is 43.8. The summed E-state index contributed by atoms with van der Waals surface area (Å²) in [6.45, 7) is 6.78. The van der Waals surface area contributed by atoms with Crippen LogP contribution in [0.1, 0.15) is 172 Å². The van der Waals surface area contributed by atoms with Gasteiger partial charge in [0.1, 0.15) is 0 Å². The lowest BCUT2D eigenvalue weighted by Crippen LogP contribution is -2.04. The molecule has 3 rings (SSSR count). The van der Waals surface area contributed by atoms with Gasteiger partial charge in [0, 0.05) is 0 Å². The van der Waals surface area contributed by atoms with E-state index in [-0.39, 0.29) is 0 Å². The van der Waals surface area contributed by atoms with E-state index in [2.05, 4.69) is 57.2 Å². The summed E-state index contributed by atoms with van der Waals surface area (Å²) < 4.78 is 16.7. The first-order valence-corrected chi connectivity index (χ1v) is 21.9. The van der Waals surface area contributed by atoms with E-state index >= 15 is 0 Å². The minimum Gasteiger partial charge on any atom is -0.329 e. The molecule has 0 aliphatic carbocycles. The molecule has 0 fully saturated rings. The Balaban J connectivity index is 1.46. The SMILES string of the molecule is CCCCCCCCCc1ccc(OOP(OOc2ccc(CCCCCCCCC)cc2)OOc2ccc(CCCCCCCCC)cc2)cc1. The van der Waals surface area contributed by atoms with Crippen LogP contribution in [0.2, 0.25) is 0 Å². The molecular formula is C45H69O6P. The Hall–Kier alpha value is -2.63. The van der Waals surface area contributed by atoms with Crippen LogP contribution in [0.15, 0.2) is 72.8 Å². The summed E-state index contributed by atoms with van der Waals surface area (Å²) in [5.74, 6) is 1.65. The van der Waals surface area contributed by atoms with Crippen LogP contribution in [0.5, 0.6) is 17.2 Å². The third-order valence-electron chi connectivity index (χ3n) is 9.56. The quantitative estimate of drug-likeness (QED) is 0.0269. The maximum Gasteiger partial charge on any atom is 0.455 e. The van der Waals surface area contributed by atoms with Crippen molar-refractivity contribution < 1.29 is 28.7 Å². The standard InChI is InChI=1S/C45H69O6P/c1-4-7-10-13-16-19-22-25-40-28-34-43(35-29-40)46-49-52(50-47-44-36-30-41(31-37-44)26-23-20-17-14-11-8-5-2)51-48-45-38-32-42(33-39-45)27-24-21-18-15-12-9-6-3/h28-39H,4-27H2,1-3H3. The van der Waals surface area contributed by atoms with E-state index < -0.39 is 8.60 Å². The molecule has 0 heterocycles. The van der Waals surface area contributed by atoms with Gasteiger partial charge in [-0.2, -0.15) is 0 Å². The number of unbranched alkanes of at least 4 members (excludes halogenated alkanes) is 18. The van der Waals surface area contributed by atoms with Crippen LogP contribution in [0.4, 0.5) is 0 Å². The van der Waals surface area contributed by atoms with Gasteiger partial charge in [0.15, 0.2) is 17.2 Å². The van der Waals surface area contributed by atoms with Gasteiger partial charge < -0.3 is 14.7 Å². The van der Waals surface area contributed by atoms with E-state index in [1.807, 2.05) is 36.4 Å². The number of hydrogen-bond acceptors (Lipinski definition) is 6. The Morgan fingerprint density at radius 2 is 0.538 bits per heavy atom. The van der Waals surface area contributed by atoms with Gasteiger partial charge in [-0.15, -0.1) is 0 Å². The maximum atomic E-state index is 5.61. The second kappa shape index (κ2) is 29.8. The molecule has 0 spiro atoms. The van der Waals surface area contributed by atoms with Crippen molar-refractivity contribution in [1.82, 2.24) is 0 Å². The third kappa shape index (κ3) is 21.2. The average molecular weight is 737 g/mol. The maximum absolute atomic E-state index is 5.61. The Morgan fingerprint density at radius 3 is 0.788 bits per heavy atom. The lowest BCUT2D eigenvalue weighted by atomic mass is 10.0. The lowest BCUT2D eigenvalue weighted by Gasteiger charge is -2.14. The van der Waals surface area contributed by atoms with Crippen molar-refractivity contribution in [3.8, 4) is 17.2 Å². The molecule has 0 bridgehead atoms. The van der Waals surface area contributed by atoms with E-state index in [4.69, 9.17) is 28.7 Å². The molecule has 0 aromatic heterocycles. The Kier molecular flexibility index (Phi) is 25.1. The van der Waals surface area contributed by atoms with Gasteiger partial charge in [-0.05, 0) is 91.6 Å². The molecule has 0 aliphatic heterocycles. The van der Waals surface area contributed by atoms with Gasteiger partial charge >= 0.3 is 8.60 Å². The molecular weight excluding hydrogens is 667 g/mol. The Morgan fingerprint density at radius 1 is 0.308 bits per heavy atom. The summed E-state index contributed by atoms with van der Waals surface area (Å²) in [6, 6.07) is 23.9. The topological polar surface area (TPSA) is 55.4 Å². The Bertz CT molecular complexity index is 1080. The average Bonchev–Trinajstić information content (AvgIpc) is 3.18. The number of benzene rings is 3. The van der Waals surface area contributed by atoms with Gasteiger partial charge in [-0.1, -0.05) is 187 Å². The fourth-order valence-corrected chi connectivity index (χ4v) is 6.77. The monoisotopic (exact) mass is 736 g/mol. The van der Waals surface area contributed by atoms with Crippen molar-refractivity contribution in [1.29, 1.82) is 0 Å². The van der Waals surface area contributed by atoms with Crippen molar-refractivity contribution in [3.63, 3.8) is 0 Å². The largest absolute Gasteiger partial charge is 0.455 e. The smallest absolute Gasteiger partial charge is 0.329 e. The van der Waals surface area contributed by atoms with E-state index in [1.54, 1.807) is 0 Å². The zero-order valence-electron chi connectivity index (χ0n) is 32.8. The zero-order chi connectivity index (χ0) is 36.7. The molecule has 0 aliphatic rings. The number of rotatable bonds is 33. The third-order valence-corrected chi connectivity index (χ3v) is 10.1. The molecule has 0 amide bonds. The molecule has 7 heteroatoms. The fraction of sp³-hybridized carbons (Fsp3) is 0.600. The number of hydrogen-bond donors (Lipinski definition) is 0. The molecule has 0 N–H and O–H groups in total. The molecule has 6 nitrogen and oxygen atoms in total. The molecule has 3 aromatic rings. The van der Waals surface area contributed by atoms with Gasteiger partial charge in [0.2, 0.25) is 0 Å². The second-order valence-electron chi connectivity index (χ2n) is 14.2. The summed E-state index contributed by atoms with van der Waals surface area (Å²) in [7, 11) is -2.18. The summed E-state index contributed by atoms with van der Waals surface area (Å²) in [4.78, 5) is 16.8. The van der Waals surface area contributed by atoms with Crippen LogP contribution < -0.4 is 14.7 Å². The molecule has 0 saturated carbocycles. The van der Waals surface area contributed by atoms with Crippen LogP contribution in [-0.4, -0.2) is 0 Å². The highest BCUT2D eigenvalue weighted by Crippen LogP contribution is 2.41. The summed E-state index contributed by atoms with van der Waals surface area (Å²) in [5.41, 5.74) is 3.86. The molecule has 52 heavy (non-hydrogen) atoms. The number of aryl methyl sites for hydroxylation is 3. The van der Waals surface area contributed by atoms with Gasteiger partial charge in [-0.3, -0.25) is 0 Å². The molecule has 0 saturated heterocycles. The van der Waals surface area contributed by atoms with Gasteiger partial charge in [0.25, 0.3) is 0 Å². The molecule has 0 atom stereocenters. The van der Waals surface area contributed by atoms with E-state index in [0.29, 0.717) is 17.2 Å². The normalized spacial score (nSPS) is 11.3. The first-order chi connectivity index (χ1) is 25.7. The van der Waals surface area contributed by atoms with Crippen molar-refractivity contribution in [2.75, 3.05) is 0 Å². The molecule has 0 unspecified atom stereocenters. The van der Waals surface area contributed by atoms with E-state index in [0.717, 1.165) is 19.3 Å². The van der Waals surface area contributed by atoms with Crippen molar-refractivity contribution in [3.05, 3.63) is 89.5 Å². The minimum atomic E-state index is -2.18. The first-order valence-electron chi connectivity index (χ1n) is 20.8. The van der Waals surface area contributed by atoms with Crippen LogP contribution in [-0.2, 0) is 33.3 Å². The van der Waals surface area contributed by atoms with Crippen LogP contribution in [0.3, 0.4) is 0 Å². The summed E-state index contributed by atoms with van der Waals surface area (Å²) >= 11 is 0. The molecule has 3 aromatic carbocycles. The van der Waals surface area contributed by atoms with Gasteiger partial charge in [-0.25, -0.2) is 0 Å². The summed E-state index contributed by atoms with van der Waals surface area (Å²) in [6.07, 6.45) is 30.5. The van der Waals surface area contributed by atoms with E-state index in [9.17, 15) is 0 Å². The highest BCUT2D eigenvalue weighted by molar-refractivity contribution is 7.41. The highest BCUT2D eigenvalue weighted by atomic mass is 31.2. The molecule has 290 valence electrons. The lowest BCUT2D eigenvalue weighted by molar-refractivity contribution is -0.219. The van der Waals surface area contributed by atoms with Crippen LogP contribution in [0.25, 0.3) is 0 Å². The van der Waals surface area contributed by atoms with Crippen LogP contribution in [0, 0.1) is 0 Å². The van der Waals surface area contributed by atoms with E-state index in [1.165, 1.54) is 152 Å². The van der Waals surface area contributed by atoms with Crippen molar-refractivity contribution >= 4 is 8.60 Å². The zero-order valence-corrected chi connectivity index (χ0v) is 33.7. The fourth-order valence-electron chi connectivity index (χ4n) is 6.25. The predicted octanol–water partition coefficient (Wildman–Crippen LogP) is 15.1. The second-order valence-corrected chi connectivity index (χ2v) is 15.1. The van der Waals surface area contributed by atoms with Gasteiger partial charge in [0.05, 0.1) is 0 Å². The minimum absolute atomic E-state index is 0.549. The molecule has 0 radical (unpaired) electrons. The summed E-state index contributed by atoms with van der Waals surface area (Å²) in [5, 5.41) is 0.